The number of carbonyl (C=O) groups is 4. The highest BCUT2D eigenvalue weighted by Gasteiger charge is 2.40. The van der Waals surface area contributed by atoms with Gasteiger partial charge in [-0.2, -0.15) is 0 Å². The third kappa shape index (κ3) is 7.44. The number of fused-ring (bicyclic) bond motifs is 6. The quantitative estimate of drug-likeness (QED) is 0.137. The first-order chi connectivity index (χ1) is 29.6. The van der Waals surface area contributed by atoms with E-state index in [1.165, 1.54) is 14.2 Å². The summed E-state index contributed by atoms with van der Waals surface area (Å²) >= 11 is 0. The fourth-order valence-corrected chi connectivity index (χ4v) is 9.39. The lowest BCUT2D eigenvalue weighted by Gasteiger charge is -2.30. The average molecular weight is 824 g/mol. The number of nitrogens with one attached hydrogen (secondary N) is 3. The Hall–Kier alpha value is -6.70. The van der Waals surface area contributed by atoms with E-state index in [2.05, 4.69) is 58.1 Å². The number of alkyl carbamates (subject to hydrolysis) is 2. The van der Waals surface area contributed by atoms with Crippen LogP contribution in [0, 0.1) is 5.92 Å². The van der Waals surface area contributed by atoms with Crippen LogP contribution in [0.15, 0.2) is 84.0 Å². The molecule has 5 heterocycles. The van der Waals surface area contributed by atoms with Gasteiger partial charge in [0.2, 0.25) is 11.8 Å². The molecule has 0 aliphatic carbocycles. The van der Waals surface area contributed by atoms with E-state index in [-0.39, 0.29) is 29.8 Å². The van der Waals surface area contributed by atoms with Gasteiger partial charge in [0, 0.05) is 30.8 Å². The van der Waals surface area contributed by atoms with Crippen LogP contribution in [0.2, 0.25) is 0 Å². The number of hydrogen-bond acceptors (Lipinski definition) is 9. The molecule has 0 saturated carbocycles. The van der Waals surface area contributed by atoms with Crippen molar-refractivity contribution >= 4 is 46.2 Å². The molecule has 314 valence electrons. The predicted octanol–water partition coefficient (Wildman–Crippen LogP) is 7.55. The second-order valence-corrected chi connectivity index (χ2v) is 16.5. The molecule has 1 unspecified atom stereocenters. The third-order valence-electron chi connectivity index (χ3n) is 12.5. The summed E-state index contributed by atoms with van der Waals surface area (Å²) in [5.74, 6) is 1.08. The van der Waals surface area contributed by atoms with Crippen LogP contribution < -0.4 is 15.4 Å². The van der Waals surface area contributed by atoms with Crippen molar-refractivity contribution in [3.8, 4) is 28.1 Å². The van der Waals surface area contributed by atoms with Crippen molar-refractivity contribution in [3.63, 3.8) is 0 Å². The molecule has 0 radical (unpaired) electrons. The Bertz CT molecular complexity index is 2570. The molecule has 4 atom stereocenters. The predicted molar refractivity (Wildman–Crippen MR) is 229 cm³/mol. The summed E-state index contributed by atoms with van der Waals surface area (Å²) in [7, 11) is 2.58. The molecule has 2 saturated heterocycles. The normalized spacial score (nSPS) is 18.7. The summed E-state index contributed by atoms with van der Waals surface area (Å²) in [4.78, 5) is 69.2. The summed E-state index contributed by atoms with van der Waals surface area (Å²) in [6, 6.07) is 22.1. The Morgan fingerprint density at radius 2 is 1.57 bits per heavy atom. The number of methoxy groups -OCH3 is 2. The largest absolute Gasteiger partial charge is 0.488 e. The van der Waals surface area contributed by atoms with Gasteiger partial charge in [-0.15, -0.1) is 0 Å². The number of rotatable bonds is 9. The van der Waals surface area contributed by atoms with Gasteiger partial charge >= 0.3 is 12.2 Å². The Labute approximate surface area is 353 Å². The number of amides is 4. The molecule has 0 bridgehead atoms. The lowest BCUT2D eigenvalue weighted by molar-refractivity contribution is -0.135. The highest BCUT2D eigenvalue weighted by Crippen LogP contribution is 2.45. The molecule has 2 fully saturated rings. The van der Waals surface area contributed by atoms with Gasteiger partial charge in [-0.3, -0.25) is 14.6 Å². The van der Waals surface area contributed by atoms with Crippen LogP contribution >= 0.6 is 0 Å². The van der Waals surface area contributed by atoms with Crippen LogP contribution in [0.3, 0.4) is 0 Å². The van der Waals surface area contributed by atoms with Crippen LogP contribution in [-0.4, -0.2) is 88.9 Å². The maximum atomic E-state index is 14.1. The van der Waals surface area contributed by atoms with E-state index in [1.807, 2.05) is 60.2 Å². The van der Waals surface area contributed by atoms with E-state index in [0.29, 0.717) is 37.5 Å². The highest BCUT2D eigenvalue weighted by molar-refractivity contribution is 6.06. The minimum Gasteiger partial charge on any atom is -0.488 e. The van der Waals surface area contributed by atoms with Crippen LogP contribution in [-0.2, 0) is 32.1 Å². The maximum absolute atomic E-state index is 14.1. The number of aliphatic imine (C=N–C) groups is 1. The Kier molecular flexibility index (Phi) is 10.7. The van der Waals surface area contributed by atoms with Gasteiger partial charge in [-0.05, 0) is 94.5 Å². The summed E-state index contributed by atoms with van der Waals surface area (Å²) in [5, 5.41) is 7.61. The standard InChI is InChI=1S/C47H49N7O7/c1-26(2)41(51-46(57)59-3)44(55)54-19-9-13-39(54)43-48-24-37(50-43)29-14-16-31-30(20-29)25-61-40-23-32-28(21-34(31)40)15-17-35-33(32)22-36(49-35)38-12-8-18-53(38)45(56)42(52-47(58)60-4)27-10-6-5-7-11-27/h5-7,10-11,14-17,20-21,23-24,26,38-39,41-42H,8-9,12-13,18-19,22,25H2,1-4H3,(H,48,50)(H,51,57)(H,52,58)/t38-,39-,41?,42+/m0/s1. The maximum Gasteiger partial charge on any atom is 0.407 e. The third-order valence-corrected chi connectivity index (χ3v) is 12.5. The molecule has 61 heavy (non-hydrogen) atoms. The van der Waals surface area contributed by atoms with E-state index >= 15 is 0 Å². The molecule has 14 heteroatoms. The van der Waals surface area contributed by atoms with Gasteiger partial charge in [0.25, 0.3) is 0 Å². The number of hydrogen-bond donors (Lipinski definition) is 3. The van der Waals surface area contributed by atoms with Crippen molar-refractivity contribution in [2.24, 2.45) is 10.9 Å². The summed E-state index contributed by atoms with van der Waals surface area (Å²) in [5.41, 5.74) is 8.63. The van der Waals surface area contributed by atoms with Gasteiger partial charge in [0.05, 0.1) is 43.9 Å². The van der Waals surface area contributed by atoms with Gasteiger partial charge in [-0.1, -0.05) is 62.4 Å². The molecule has 9 rings (SSSR count). The van der Waals surface area contributed by atoms with Crippen molar-refractivity contribution in [3.05, 3.63) is 102 Å². The second kappa shape index (κ2) is 16.4. The van der Waals surface area contributed by atoms with E-state index in [0.717, 1.165) is 87.1 Å². The number of aromatic amines is 1. The van der Waals surface area contributed by atoms with Gasteiger partial charge in [0.15, 0.2) is 0 Å². The zero-order valence-electron chi connectivity index (χ0n) is 34.7. The van der Waals surface area contributed by atoms with Crippen LogP contribution in [0.4, 0.5) is 15.3 Å². The van der Waals surface area contributed by atoms with Crippen LogP contribution in [0.25, 0.3) is 33.2 Å². The SMILES string of the molecule is COC(=O)NC(C(=O)N1CCC[C@H]1c1ncc(-c2ccc3c(c2)COc2cc4c5c(ccc4cc2-3)N=C([C@@H]2CCCN2C(=O)[C@H](NC(=O)OC)c2ccccc2)C5)[nH]1)C(C)C. The number of ether oxygens (including phenoxy) is 3. The van der Waals surface area contributed by atoms with Crippen molar-refractivity contribution in [2.75, 3.05) is 27.3 Å². The monoisotopic (exact) mass is 823 g/mol. The Morgan fingerprint density at radius 3 is 2.33 bits per heavy atom. The highest BCUT2D eigenvalue weighted by atomic mass is 16.5. The molecule has 4 aromatic carbocycles. The number of benzene rings is 4. The fraction of sp³-hybridized carbons (Fsp3) is 0.362. The zero-order valence-corrected chi connectivity index (χ0v) is 34.7. The number of likely N-dealkylation sites (tertiary alicyclic amines) is 2. The van der Waals surface area contributed by atoms with E-state index in [1.54, 1.807) is 0 Å². The lowest BCUT2D eigenvalue weighted by atomic mass is 9.90. The number of carbonyl (C=O) groups excluding carboxylic acids is 4. The van der Waals surface area contributed by atoms with Gasteiger partial charge in [0.1, 0.15) is 30.3 Å². The first kappa shape index (κ1) is 39.7. The molecule has 5 aromatic rings. The van der Waals surface area contributed by atoms with E-state index < -0.39 is 24.3 Å². The van der Waals surface area contributed by atoms with Gasteiger partial charge in [-0.25, -0.2) is 14.6 Å². The number of aromatic nitrogens is 2. The smallest absolute Gasteiger partial charge is 0.407 e. The molecular formula is C47H49N7O7. The van der Waals surface area contributed by atoms with Crippen molar-refractivity contribution in [1.82, 2.24) is 30.4 Å². The van der Waals surface area contributed by atoms with Crippen molar-refractivity contribution in [1.29, 1.82) is 0 Å². The first-order valence-electron chi connectivity index (χ1n) is 20.9. The second-order valence-electron chi connectivity index (χ2n) is 16.5. The molecule has 3 N–H and O–H groups in total. The molecule has 1 aromatic heterocycles. The minimum atomic E-state index is -0.874. The Balaban J connectivity index is 0.928. The van der Waals surface area contributed by atoms with Crippen molar-refractivity contribution in [2.45, 2.75) is 76.7 Å². The summed E-state index contributed by atoms with van der Waals surface area (Å²) in [6.07, 6.45) is 4.38. The fourth-order valence-electron chi connectivity index (χ4n) is 9.39. The molecule has 14 nitrogen and oxygen atoms in total. The van der Waals surface area contributed by atoms with E-state index in [4.69, 9.17) is 24.2 Å². The van der Waals surface area contributed by atoms with Gasteiger partial charge < -0.3 is 39.6 Å². The lowest BCUT2D eigenvalue weighted by Crippen LogP contribution is -2.51. The molecule has 4 aliphatic heterocycles. The van der Waals surface area contributed by atoms with E-state index in [9.17, 15) is 19.2 Å². The minimum absolute atomic E-state index is 0.116. The molecule has 4 amide bonds. The van der Waals surface area contributed by atoms with Crippen molar-refractivity contribution < 1.29 is 33.4 Å². The Morgan fingerprint density at radius 1 is 0.836 bits per heavy atom. The summed E-state index contributed by atoms with van der Waals surface area (Å²) in [6.45, 7) is 5.36. The molecular weight excluding hydrogens is 775 g/mol. The van der Waals surface area contributed by atoms with Crippen LogP contribution in [0.5, 0.6) is 5.75 Å². The molecule has 4 aliphatic rings. The average Bonchev–Trinajstić information content (AvgIpc) is 4.13. The molecule has 0 spiro atoms. The number of H-pyrrole nitrogens is 1. The number of nitrogens with zero attached hydrogens (tertiary/aromatic N) is 4. The topological polar surface area (TPSA) is 168 Å². The first-order valence-corrected chi connectivity index (χ1v) is 20.9. The van der Waals surface area contributed by atoms with Crippen LogP contribution in [0.1, 0.15) is 74.1 Å². The zero-order chi connectivity index (χ0) is 42.4. The number of imidazole rings is 1. The summed E-state index contributed by atoms with van der Waals surface area (Å²) < 4.78 is 16.1.